The van der Waals surface area contributed by atoms with Crippen molar-refractivity contribution in [3.8, 4) is 11.1 Å². The van der Waals surface area contributed by atoms with E-state index in [-0.39, 0.29) is 18.4 Å². The second-order valence-electron chi connectivity index (χ2n) is 10.3. The second-order valence-corrected chi connectivity index (χ2v) is 10.3. The molecule has 6 heteroatoms. The molecule has 0 aliphatic rings. The summed E-state index contributed by atoms with van der Waals surface area (Å²) in [5, 5.41) is 12.6. The molecule has 1 amide bonds. The number of hydrogen-bond acceptors (Lipinski definition) is 4. The molecule has 4 aromatic rings. The van der Waals surface area contributed by atoms with E-state index in [1.54, 1.807) is 36.4 Å². The number of rotatable bonds is 11. The van der Waals surface area contributed by atoms with E-state index < -0.39 is 11.9 Å². The third kappa shape index (κ3) is 7.82. The highest BCUT2D eigenvalue weighted by Gasteiger charge is 2.16. The fourth-order valence-corrected chi connectivity index (χ4v) is 4.47. The Balaban J connectivity index is 1.41. The number of ether oxygens (including phenoxy) is 1. The summed E-state index contributed by atoms with van der Waals surface area (Å²) < 4.78 is 5.38. The third-order valence-electron chi connectivity index (χ3n) is 7.29. The Labute approximate surface area is 246 Å². The van der Waals surface area contributed by atoms with Crippen LogP contribution in [0.4, 0.5) is 0 Å². The molecule has 6 nitrogen and oxygen atoms in total. The van der Waals surface area contributed by atoms with Crippen LogP contribution in [-0.2, 0) is 22.7 Å². The van der Waals surface area contributed by atoms with Crippen molar-refractivity contribution >= 4 is 23.9 Å². The lowest BCUT2D eigenvalue weighted by molar-refractivity contribution is -0.133. The van der Waals surface area contributed by atoms with Gasteiger partial charge in [-0.05, 0) is 89.1 Å². The van der Waals surface area contributed by atoms with Crippen LogP contribution < -0.4 is 5.32 Å². The Bertz CT molecular complexity index is 1590. The second kappa shape index (κ2) is 14.1. The fourth-order valence-electron chi connectivity index (χ4n) is 4.47. The molecule has 1 unspecified atom stereocenters. The Hall–Kier alpha value is -4.97. The summed E-state index contributed by atoms with van der Waals surface area (Å²) in [6, 6.07) is 29.7. The normalized spacial score (nSPS) is 11.9. The molecule has 0 saturated heterocycles. The van der Waals surface area contributed by atoms with Crippen molar-refractivity contribution in [3.05, 3.63) is 136 Å². The smallest absolute Gasteiger partial charge is 0.338 e. The summed E-state index contributed by atoms with van der Waals surface area (Å²) in [5.41, 5.74) is 6.67. The number of aliphatic carboxylic acids is 1. The molecule has 42 heavy (non-hydrogen) atoms. The third-order valence-corrected chi connectivity index (χ3v) is 7.29. The molecule has 0 heterocycles. The van der Waals surface area contributed by atoms with Crippen molar-refractivity contribution in [3.63, 3.8) is 0 Å². The summed E-state index contributed by atoms with van der Waals surface area (Å²) in [5.74, 6) is -1.60. The molecule has 1 atom stereocenters. The van der Waals surface area contributed by atoms with Crippen LogP contribution in [0.3, 0.4) is 0 Å². The van der Waals surface area contributed by atoms with Crippen LogP contribution in [0.15, 0.2) is 103 Å². The highest BCUT2D eigenvalue weighted by molar-refractivity contribution is 5.96. The SMILES string of the molecule is CCC(C)/C(=C\c1cc(-c2cccc(C(=O)NCc3ccc(C(=O)OCc4ccccc4)cc3)c2)ccc1C)C(=O)O. The van der Waals surface area contributed by atoms with Crippen LogP contribution in [0.25, 0.3) is 17.2 Å². The monoisotopic (exact) mass is 561 g/mol. The predicted molar refractivity (Wildman–Crippen MR) is 165 cm³/mol. The van der Waals surface area contributed by atoms with Gasteiger partial charge in [-0.25, -0.2) is 9.59 Å². The van der Waals surface area contributed by atoms with Crippen LogP contribution in [0.1, 0.15) is 63.2 Å². The van der Waals surface area contributed by atoms with E-state index in [2.05, 4.69) is 5.32 Å². The number of carboxylic acid groups (broad SMARTS) is 1. The maximum Gasteiger partial charge on any atom is 0.338 e. The Kier molecular flexibility index (Phi) is 10.1. The van der Waals surface area contributed by atoms with Gasteiger partial charge in [0.1, 0.15) is 6.61 Å². The lowest BCUT2D eigenvalue weighted by atomic mass is 9.93. The van der Waals surface area contributed by atoms with E-state index >= 15 is 0 Å². The molecule has 0 aromatic heterocycles. The van der Waals surface area contributed by atoms with Crippen molar-refractivity contribution in [1.82, 2.24) is 5.32 Å². The molecule has 0 aliphatic heterocycles. The molecular weight excluding hydrogens is 526 g/mol. The van der Waals surface area contributed by atoms with Crippen LogP contribution >= 0.6 is 0 Å². The molecule has 4 rings (SSSR count). The maximum absolute atomic E-state index is 13.0. The molecule has 4 aromatic carbocycles. The lowest BCUT2D eigenvalue weighted by Gasteiger charge is -2.12. The minimum atomic E-state index is -0.912. The Morgan fingerprint density at radius 2 is 1.55 bits per heavy atom. The van der Waals surface area contributed by atoms with Crippen LogP contribution in [0.2, 0.25) is 0 Å². The lowest BCUT2D eigenvalue weighted by Crippen LogP contribution is -2.22. The number of aryl methyl sites for hydroxylation is 1. The van der Waals surface area contributed by atoms with Gasteiger partial charge in [0.2, 0.25) is 0 Å². The summed E-state index contributed by atoms with van der Waals surface area (Å²) >= 11 is 0. The first kappa shape index (κ1) is 30.0. The van der Waals surface area contributed by atoms with Gasteiger partial charge < -0.3 is 15.2 Å². The van der Waals surface area contributed by atoms with Crippen molar-refractivity contribution in [2.24, 2.45) is 5.92 Å². The number of carbonyl (C=O) groups is 3. The van der Waals surface area contributed by atoms with Gasteiger partial charge in [0.25, 0.3) is 5.91 Å². The number of carbonyl (C=O) groups excluding carboxylic acids is 2. The molecule has 0 spiro atoms. The van der Waals surface area contributed by atoms with Crippen LogP contribution in [-0.4, -0.2) is 23.0 Å². The summed E-state index contributed by atoms with van der Waals surface area (Å²) in [6.07, 6.45) is 2.49. The van der Waals surface area contributed by atoms with Gasteiger partial charge >= 0.3 is 11.9 Å². The average Bonchev–Trinajstić information content (AvgIpc) is 3.02. The topological polar surface area (TPSA) is 92.7 Å². The van der Waals surface area contributed by atoms with Gasteiger partial charge in [-0.3, -0.25) is 4.79 Å². The quantitative estimate of drug-likeness (QED) is 0.146. The van der Waals surface area contributed by atoms with Crippen molar-refractivity contribution < 1.29 is 24.2 Å². The number of nitrogens with one attached hydrogen (secondary N) is 1. The first-order valence-corrected chi connectivity index (χ1v) is 14.0. The zero-order valence-electron chi connectivity index (χ0n) is 24.1. The molecule has 0 bridgehead atoms. The molecule has 0 aliphatic carbocycles. The highest BCUT2D eigenvalue weighted by Crippen LogP contribution is 2.27. The number of esters is 1. The molecule has 0 fully saturated rings. The van der Waals surface area contributed by atoms with Gasteiger partial charge in [0.15, 0.2) is 0 Å². The minimum absolute atomic E-state index is 0.0674. The van der Waals surface area contributed by atoms with E-state index in [4.69, 9.17) is 4.74 Å². The maximum atomic E-state index is 13.0. The largest absolute Gasteiger partial charge is 0.478 e. The standard InChI is InChI=1S/C36H35NO5/c1-4-24(2)33(35(39)40)21-32-20-30(16-13-25(32)3)29-11-8-12-31(19-29)34(38)37-22-26-14-17-28(18-15-26)36(41)42-23-27-9-6-5-7-10-27/h5-21,24H,4,22-23H2,1-3H3,(H,37,38)(H,39,40)/b33-21+. The number of hydrogen-bond donors (Lipinski definition) is 2. The summed E-state index contributed by atoms with van der Waals surface area (Å²) in [7, 11) is 0. The molecule has 0 saturated carbocycles. The first-order valence-electron chi connectivity index (χ1n) is 14.0. The van der Waals surface area contributed by atoms with E-state index in [1.165, 1.54) is 0 Å². The van der Waals surface area contributed by atoms with Gasteiger partial charge in [-0.1, -0.05) is 80.6 Å². The fraction of sp³-hybridized carbons (Fsp3) is 0.194. The van der Waals surface area contributed by atoms with Crippen molar-refractivity contribution in [2.45, 2.75) is 40.3 Å². The Morgan fingerprint density at radius 1 is 0.833 bits per heavy atom. The molecular formula is C36H35NO5. The summed E-state index contributed by atoms with van der Waals surface area (Å²) in [4.78, 5) is 37.2. The van der Waals surface area contributed by atoms with Gasteiger partial charge in [0.05, 0.1) is 5.56 Å². The zero-order chi connectivity index (χ0) is 30.1. The van der Waals surface area contributed by atoms with Crippen molar-refractivity contribution in [2.75, 3.05) is 0 Å². The molecule has 214 valence electrons. The van der Waals surface area contributed by atoms with Gasteiger partial charge in [0, 0.05) is 17.7 Å². The van der Waals surface area contributed by atoms with Gasteiger partial charge in [-0.2, -0.15) is 0 Å². The van der Waals surface area contributed by atoms with Crippen molar-refractivity contribution in [1.29, 1.82) is 0 Å². The zero-order valence-corrected chi connectivity index (χ0v) is 24.1. The summed E-state index contributed by atoms with van der Waals surface area (Å²) in [6.45, 7) is 6.35. The van der Waals surface area contributed by atoms with E-state index in [0.29, 0.717) is 23.2 Å². The van der Waals surface area contributed by atoms with E-state index in [9.17, 15) is 19.5 Å². The van der Waals surface area contributed by atoms with Gasteiger partial charge in [-0.15, -0.1) is 0 Å². The average molecular weight is 562 g/mol. The Morgan fingerprint density at radius 3 is 2.24 bits per heavy atom. The highest BCUT2D eigenvalue weighted by atomic mass is 16.5. The van der Waals surface area contributed by atoms with Crippen LogP contribution in [0, 0.1) is 12.8 Å². The number of carboxylic acids is 1. The predicted octanol–water partition coefficient (Wildman–Crippen LogP) is 7.46. The number of benzene rings is 4. The first-order chi connectivity index (χ1) is 20.2. The van der Waals surface area contributed by atoms with E-state index in [1.807, 2.05) is 87.5 Å². The molecule has 2 N–H and O–H groups in total. The minimum Gasteiger partial charge on any atom is -0.478 e. The number of amides is 1. The molecule has 0 radical (unpaired) electrons. The van der Waals surface area contributed by atoms with E-state index in [0.717, 1.165) is 39.8 Å². The van der Waals surface area contributed by atoms with Crippen LogP contribution in [0.5, 0.6) is 0 Å².